The first-order valence-corrected chi connectivity index (χ1v) is 5.48. The van der Waals surface area contributed by atoms with Crippen LogP contribution < -0.4 is 4.90 Å². The molecule has 0 spiro atoms. The standard InChI is InChI=1S/C9H13N3S/c1-9(2)6-3-12(4-7(6)9)8-10-5-11-13-8/h5-7H,3-4H2,1-2H3. The summed E-state index contributed by atoms with van der Waals surface area (Å²) in [6, 6.07) is 0. The highest BCUT2D eigenvalue weighted by molar-refractivity contribution is 7.09. The van der Waals surface area contributed by atoms with Gasteiger partial charge in [-0.3, -0.25) is 0 Å². The molecular weight excluding hydrogens is 182 g/mol. The zero-order chi connectivity index (χ0) is 9.05. The van der Waals surface area contributed by atoms with Crippen molar-refractivity contribution in [1.82, 2.24) is 9.36 Å². The quantitative estimate of drug-likeness (QED) is 0.682. The lowest BCUT2D eigenvalue weighted by molar-refractivity contribution is 0.499. The van der Waals surface area contributed by atoms with Gasteiger partial charge in [0.15, 0.2) is 0 Å². The summed E-state index contributed by atoms with van der Waals surface area (Å²) < 4.78 is 4.03. The highest BCUT2D eigenvalue weighted by Gasteiger charge is 2.62. The molecule has 13 heavy (non-hydrogen) atoms. The van der Waals surface area contributed by atoms with E-state index in [1.807, 2.05) is 0 Å². The van der Waals surface area contributed by atoms with Crippen molar-refractivity contribution in [2.24, 2.45) is 17.3 Å². The zero-order valence-electron chi connectivity index (χ0n) is 7.90. The molecule has 2 unspecified atom stereocenters. The van der Waals surface area contributed by atoms with Crippen LogP contribution in [0.15, 0.2) is 6.33 Å². The first-order chi connectivity index (χ1) is 6.19. The Morgan fingerprint density at radius 2 is 2.15 bits per heavy atom. The van der Waals surface area contributed by atoms with E-state index in [1.165, 1.54) is 24.6 Å². The number of piperidine rings is 1. The molecule has 3 rings (SSSR count). The summed E-state index contributed by atoms with van der Waals surface area (Å²) in [6.07, 6.45) is 1.65. The van der Waals surface area contributed by atoms with Gasteiger partial charge in [-0.2, -0.15) is 4.37 Å². The minimum Gasteiger partial charge on any atom is -0.346 e. The average Bonchev–Trinajstić information content (AvgIpc) is 2.64. The first kappa shape index (κ1) is 7.74. The first-order valence-electron chi connectivity index (χ1n) is 4.71. The van der Waals surface area contributed by atoms with Crippen molar-refractivity contribution >= 4 is 16.7 Å². The molecule has 1 saturated carbocycles. The summed E-state index contributed by atoms with van der Waals surface area (Å²) in [7, 11) is 0. The summed E-state index contributed by atoms with van der Waals surface area (Å²) >= 11 is 1.51. The Bertz CT molecular complexity index is 306. The number of nitrogens with zero attached hydrogens (tertiary/aromatic N) is 3. The number of hydrogen-bond acceptors (Lipinski definition) is 4. The Morgan fingerprint density at radius 3 is 2.69 bits per heavy atom. The third-order valence-corrected chi connectivity index (χ3v) is 4.47. The van der Waals surface area contributed by atoms with E-state index in [1.54, 1.807) is 6.33 Å². The van der Waals surface area contributed by atoms with Crippen LogP contribution in [0.25, 0.3) is 0 Å². The lowest BCUT2D eigenvalue weighted by Gasteiger charge is -2.20. The van der Waals surface area contributed by atoms with Gasteiger partial charge in [0.1, 0.15) is 6.33 Å². The Kier molecular flexibility index (Phi) is 1.33. The SMILES string of the molecule is CC1(C)C2CN(c3ncns3)CC21. The molecule has 3 nitrogen and oxygen atoms in total. The summed E-state index contributed by atoms with van der Waals surface area (Å²) in [4.78, 5) is 6.61. The fourth-order valence-electron chi connectivity index (χ4n) is 2.59. The Balaban J connectivity index is 1.75. The van der Waals surface area contributed by atoms with Gasteiger partial charge >= 0.3 is 0 Å². The molecule has 0 bridgehead atoms. The van der Waals surface area contributed by atoms with E-state index in [4.69, 9.17) is 0 Å². The Morgan fingerprint density at radius 1 is 1.46 bits per heavy atom. The molecule has 1 aliphatic heterocycles. The molecule has 0 radical (unpaired) electrons. The number of fused-ring (bicyclic) bond motifs is 1. The van der Waals surface area contributed by atoms with Gasteiger partial charge in [-0.25, -0.2) is 4.98 Å². The fraction of sp³-hybridized carbons (Fsp3) is 0.778. The highest BCUT2D eigenvalue weighted by atomic mass is 32.1. The van der Waals surface area contributed by atoms with Gasteiger partial charge < -0.3 is 4.90 Å². The molecule has 0 aromatic carbocycles. The molecule has 1 saturated heterocycles. The average molecular weight is 195 g/mol. The molecule has 4 heteroatoms. The van der Waals surface area contributed by atoms with E-state index in [-0.39, 0.29) is 0 Å². The van der Waals surface area contributed by atoms with Crippen LogP contribution in [0.3, 0.4) is 0 Å². The normalized spacial score (nSPS) is 34.8. The molecule has 2 atom stereocenters. The van der Waals surface area contributed by atoms with E-state index in [0.717, 1.165) is 17.0 Å². The summed E-state index contributed by atoms with van der Waals surface area (Å²) in [5.74, 6) is 1.80. The maximum atomic E-state index is 4.23. The molecule has 1 aromatic rings. The zero-order valence-corrected chi connectivity index (χ0v) is 8.71. The number of anilines is 1. The van der Waals surface area contributed by atoms with Crippen molar-refractivity contribution in [2.75, 3.05) is 18.0 Å². The van der Waals surface area contributed by atoms with Gasteiger partial charge in [-0.1, -0.05) is 13.8 Å². The lowest BCUT2D eigenvalue weighted by atomic mass is 10.1. The van der Waals surface area contributed by atoms with Crippen molar-refractivity contribution in [2.45, 2.75) is 13.8 Å². The second-order valence-electron chi connectivity index (χ2n) is 4.66. The van der Waals surface area contributed by atoms with Crippen LogP contribution in [0.5, 0.6) is 0 Å². The lowest BCUT2D eigenvalue weighted by Crippen LogP contribution is -2.25. The van der Waals surface area contributed by atoms with Gasteiger partial charge in [0.25, 0.3) is 0 Å². The minimum atomic E-state index is 0.598. The summed E-state index contributed by atoms with van der Waals surface area (Å²) in [5, 5.41) is 1.10. The fourth-order valence-corrected chi connectivity index (χ4v) is 3.14. The Hall–Kier alpha value is -0.640. The molecule has 2 fully saturated rings. The van der Waals surface area contributed by atoms with Gasteiger partial charge in [0.05, 0.1) is 0 Å². The molecule has 2 aliphatic rings. The minimum absolute atomic E-state index is 0.598. The van der Waals surface area contributed by atoms with Gasteiger partial charge in [0, 0.05) is 24.6 Å². The predicted molar refractivity (Wildman–Crippen MR) is 52.9 cm³/mol. The second-order valence-corrected chi connectivity index (χ2v) is 5.42. The van der Waals surface area contributed by atoms with Crippen molar-refractivity contribution in [3.05, 3.63) is 6.33 Å². The van der Waals surface area contributed by atoms with Crippen molar-refractivity contribution < 1.29 is 0 Å². The van der Waals surface area contributed by atoms with Crippen LogP contribution in [0.1, 0.15) is 13.8 Å². The van der Waals surface area contributed by atoms with Crippen LogP contribution in [-0.4, -0.2) is 22.4 Å². The Labute approximate surface area is 82.0 Å². The van der Waals surface area contributed by atoms with Gasteiger partial charge in [-0.15, -0.1) is 0 Å². The summed E-state index contributed by atoms with van der Waals surface area (Å²) in [5.41, 5.74) is 0.598. The predicted octanol–water partition coefficient (Wildman–Crippen LogP) is 1.63. The van der Waals surface area contributed by atoms with Crippen molar-refractivity contribution in [3.8, 4) is 0 Å². The van der Waals surface area contributed by atoms with Gasteiger partial charge in [0.2, 0.25) is 5.13 Å². The van der Waals surface area contributed by atoms with Crippen molar-refractivity contribution in [3.63, 3.8) is 0 Å². The second kappa shape index (κ2) is 2.23. The van der Waals surface area contributed by atoms with E-state index >= 15 is 0 Å². The van der Waals surface area contributed by atoms with Crippen LogP contribution in [0.4, 0.5) is 5.13 Å². The molecule has 70 valence electrons. The molecule has 2 heterocycles. The van der Waals surface area contributed by atoms with Gasteiger partial charge in [-0.05, 0) is 17.3 Å². The molecular formula is C9H13N3S. The van der Waals surface area contributed by atoms with E-state index in [2.05, 4.69) is 28.1 Å². The maximum Gasteiger partial charge on any atom is 0.204 e. The number of hydrogen-bond donors (Lipinski definition) is 0. The van der Waals surface area contributed by atoms with Crippen LogP contribution in [0.2, 0.25) is 0 Å². The molecule has 1 aromatic heterocycles. The largest absolute Gasteiger partial charge is 0.346 e. The van der Waals surface area contributed by atoms with Crippen LogP contribution in [-0.2, 0) is 0 Å². The number of aromatic nitrogens is 2. The third-order valence-electron chi connectivity index (χ3n) is 3.74. The topological polar surface area (TPSA) is 29.0 Å². The van der Waals surface area contributed by atoms with E-state index in [0.29, 0.717) is 5.41 Å². The smallest absolute Gasteiger partial charge is 0.204 e. The highest BCUT2D eigenvalue weighted by Crippen LogP contribution is 2.62. The van der Waals surface area contributed by atoms with Crippen LogP contribution >= 0.6 is 11.5 Å². The number of rotatable bonds is 1. The summed E-state index contributed by atoms with van der Waals surface area (Å²) in [6.45, 7) is 7.12. The molecule has 0 amide bonds. The van der Waals surface area contributed by atoms with E-state index < -0.39 is 0 Å². The van der Waals surface area contributed by atoms with Crippen molar-refractivity contribution in [1.29, 1.82) is 0 Å². The third kappa shape index (κ3) is 0.950. The molecule has 1 aliphatic carbocycles. The monoisotopic (exact) mass is 195 g/mol. The van der Waals surface area contributed by atoms with Crippen LogP contribution in [0, 0.1) is 17.3 Å². The maximum absolute atomic E-state index is 4.23. The molecule has 0 N–H and O–H groups in total. The van der Waals surface area contributed by atoms with E-state index in [9.17, 15) is 0 Å².